The molecular formula is C8H8Cl2N2O2. The van der Waals surface area contributed by atoms with E-state index in [1.807, 2.05) is 0 Å². The zero-order valence-corrected chi connectivity index (χ0v) is 9.13. The summed E-state index contributed by atoms with van der Waals surface area (Å²) < 4.78 is 0. The van der Waals surface area contributed by atoms with Crippen molar-refractivity contribution in [2.75, 3.05) is 14.2 Å². The monoisotopic (exact) mass is 234 g/mol. The van der Waals surface area contributed by atoms with Crippen molar-refractivity contribution in [2.24, 2.45) is 0 Å². The highest BCUT2D eigenvalue weighted by Crippen LogP contribution is 2.19. The SMILES string of the molecule is CON(C)C(=O)c1cnc(Cl)cc1Cl. The van der Waals surface area contributed by atoms with Crippen molar-refractivity contribution < 1.29 is 9.63 Å². The molecule has 0 radical (unpaired) electrons. The van der Waals surface area contributed by atoms with E-state index in [0.29, 0.717) is 0 Å². The van der Waals surface area contributed by atoms with Gasteiger partial charge in [-0.1, -0.05) is 23.2 Å². The van der Waals surface area contributed by atoms with Crippen molar-refractivity contribution in [3.63, 3.8) is 0 Å². The Kier molecular flexibility index (Phi) is 3.69. The minimum atomic E-state index is -0.373. The number of amides is 1. The second-order valence-electron chi connectivity index (χ2n) is 2.47. The van der Waals surface area contributed by atoms with Crippen LogP contribution in [-0.2, 0) is 4.84 Å². The predicted octanol–water partition coefficient (Wildman–Crippen LogP) is 2.02. The second-order valence-corrected chi connectivity index (χ2v) is 3.27. The van der Waals surface area contributed by atoms with E-state index in [0.717, 1.165) is 5.06 Å². The van der Waals surface area contributed by atoms with Crippen molar-refractivity contribution in [1.29, 1.82) is 0 Å². The average molecular weight is 235 g/mol. The molecule has 0 spiro atoms. The first-order valence-electron chi connectivity index (χ1n) is 3.69. The Hall–Kier alpha value is -0.840. The van der Waals surface area contributed by atoms with Crippen LogP contribution in [-0.4, -0.2) is 30.1 Å². The van der Waals surface area contributed by atoms with Crippen molar-refractivity contribution >= 4 is 29.1 Å². The first-order chi connectivity index (χ1) is 6.56. The van der Waals surface area contributed by atoms with Crippen LogP contribution in [0.2, 0.25) is 10.2 Å². The van der Waals surface area contributed by atoms with E-state index in [4.69, 9.17) is 28.0 Å². The van der Waals surface area contributed by atoms with E-state index < -0.39 is 0 Å². The van der Waals surface area contributed by atoms with Crippen molar-refractivity contribution in [3.8, 4) is 0 Å². The number of pyridine rings is 1. The fraction of sp³-hybridized carbons (Fsp3) is 0.250. The lowest BCUT2D eigenvalue weighted by atomic mass is 10.3. The molecule has 0 aliphatic carbocycles. The summed E-state index contributed by atoms with van der Waals surface area (Å²) in [6.07, 6.45) is 1.31. The fourth-order valence-corrected chi connectivity index (χ4v) is 1.26. The van der Waals surface area contributed by atoms with Gasteiger partial charge in [-0.15, -0.1) is 0 Å². The van der Waals surface area contributed by atoms with Crippen LogP contribution in [0.3, 0.4) is 0 Å². The van der Waals surface area contributed by atoms with E-state index in [1.165, 1.54) is 26.4 Å². The maximum atomic E-state index is 11.5. The summed E-state index contributed by atoms with van der Waals surface area (Å²) in [5.74, 6) is -0.373. The molecule has 76 valence electrons. The van der Waals surface area contributed by atoms with E-state index in [-0.39, 0.29) is 21.6 Å². The maximum absolute atomic E-state index is 11.5. The molecule has 0 saturated carbocycles. The molecule has 4 nitrogen and oxygen atoms in total. The smallest absolute Gasteiger partial charge is 0.274 e. The Morgan fingerprint density at radius 1 is 1.57 bits per heavy atom. The van der Waals surface area contributed by atoms with Crippen LogP contribution in [0.1, 0.15) is 10.4 Å². The molecule has 0 fully saturated rings. The Labute approximate surface area is 91.3 Å². The van der Waals surface area contributed by atoms with Crippen molar-refractivity contribution in [3.05, 3.63) is 28.0 Å². The third-order valence-electron chi connectivity index (χ3n) is 1.61. The number of hydrogen-bond acceptors (Lipinski definition) is 3. The lowest BCUT2D eigenvalue weighted by Gasteiger charge is -2.13. The van der Waals surface area contributed by atoms with Crippen LogP contribution in [0.25, 0.3) is 0 Å². The fourth-order valence-electron chi connectivity index (χ4n) is 0.817. The summed E-state index contributed by atoms with van der Waals surface area (Å²) in [5, 5.41) is 1.54. The van der Waals surface area contributed by atoms with Crippen LogP contribution in [0.15, 0.2) is 12.3 Å². The van der Waals surface area contributed by atoms with Crippen LogP contribution < -0.4 is 0 Å². The van der Waals surface area contributed by atoms with Crippen molar-refractivity contribution in [1.82, 2.24) is 10.0 Å². The molecule has 6 heteroatoms. The van der Waals surface area contributed by atoms with Gasteiger partial charge in [0.05, 0.1) is 17.7 Å². The molecule has 0 atom stereocenters. The number of carbonyl (C=O) groups is 1. The molecule has 0 saturated heterocycles. The molecule has 0 aliphatic heterocycles. The van der Waals surface area contributed by atoms with E-state index in [2.05, 4.69) is 4.98 Å². The quantitative estimate of drug-likeness (QED) is 0.581. The van der Waals surface area contributed by atoms with Crippen LogP contribution >= 0.6 is 23.2 Å². The van der Waals surface area contributed by atoms with Gasteiger partial charge >= 0.3 is 0 Å². The predicted molar refractivity (Wildman–Crippen MR) is 53.4 cm³/mol. The molecule has 1 aromatic heterocycles. The van der Waals surface area contributed by atoms with Crippen LogP contribution in [0.5, 0.6) is 0 Å². The van der Waals surface area contributed by atoms with Gasteiger partial charge in [0.25, 0.3) is 5.91 Å². The van der Waals surface area contributed by atoms with Gasteiger partial charge in [0, 0.05) is 13.2 Å². The highest BCUT2D eigenvalue weighted by Gasteiger charge is 2.15. The highest BCUT2D eigenvalue weighted by atomic mass is 35.5. The molecule has 1 aromatic rings. The number of nitrogens with zero attached hydrogens (tertiary/aromatic N) is 2. The van der Waals surface area contributed by atoms with Gasteiger partial charge in [-0.3, -0.25) is 9.63 Å². The molecule has 1 rings (SSSR count). The summed E-state index contributed by atoms with van der Waals surface area (Å²) in [6.45, 7) is 0. The molecule has 0 aliphatic rings. The van der Waals surface area contributed by atoms with Gasteiger partial charge in [-0.2, -0.15) is 0 Å². The molecule has 0 N–H and O–H groups in total. The van der Waals surface area contributed by atoms with E-state index in [9.17, 15) is 4.79 Å². The normalized spacial score (nSPS) is 10.0. The Morgan fingerprint density at radius 3 is 2.71 bits per heavy atom. The number of hydrogen-bond donors (Lipinski definition) is 0. The minimum absolute atomic E-state index is 0.242. The largest absolute Gasteiger partial charge is 0.280 e. The summed E-state index contributed by atoms with van der Waals surface area (Å²) in [7, 11) is 2.86. The lowest BCUT2D eigenvalue weighted by Crippen LogP contribution is -2.25. The van der Waals surface area contributed by atoms with Crippen LogP contribution in [0, 0.1) is 0 Å². The molecule has 14 heavy (non-hydrogen) atoms. The third-order valence-corrected chi connectivity index (χ3v) is 2.13. The molecule has 0 aromatic carbocycles. The number of carbonyl (C=O) groups excluding carboxylic acids is 1. The molecule has 0 unspecified atom stereocenters. The van der Waals surface area contributed by atoms with Gasteiger partial charge in [0.1, 0.15) is 5.15 Å². The summed E-state index contributed by atoms with van der Waals surface area (Å²) in [6, 6.07) is 1.40. The molecule has 1 amide bonds. The van der Waals surface area contributed by atoms with Crippen molar-refractivity contribution in [2.45, 2.75) is 0 Å². The highest BCUT2D eigenvalue weighted by molar-refractivity contribution is 6.36. The summed E-state index contributed by atoms with van der Waals surface area (Å²) >= 11 is 11.4. The Bertz CT molecular complexity index is 357. The number of rotatable bonds is 2. The van der Waals surface area contributed by atoms with Gasteiger partial charge in [0.15, 0.2) is 0 Å². The maximum Gasteiger partial charge on any atom is 0.280 e. The van der Waals surface area contributed by atoms with Gasteiger partial charge in [-0.25, -0.2) is 10.0 Å². The lowest BCUT2D eigenvalue weighted by molar-refractivity contribution is -0.0757. The first kappa shape index (κ1) is 11.2. The standard InChI is InChI=1S/C8H8Cl2N2O2/c1-12(14-2)8(13)5-4-11-7(10)3-6(5)9/h3-4H,1-2H3. The summed E-state index contributed by atoms with van der Waals surface area (Å²) in [4.78, 5) is 20.0. The van der Waals surface area contributed by atoms with E-state index >= 15 is 0 Å². The Balaban J connectivity index is 3.02. The number of aromatic nitrogens is 1. The zero-order valence-electron chi connectivity index (χ0n) is 7.62. The van der Waals surface area contributed by atoms with E-state index in [1.54, 1.807) is 0 Å². The first-order valence-corrected chi connectivity index (χ1v) is 4.45. The molecular weight excluding hydrogens is 227 g/mol. The Morgan fingerprint density at radius 2 is 2.21 bits per heavy atom. The summed E-state index contributed by atoms with van der Waals surface area (Å²) in [5.41, 5.74) is 0.250. The van der Waals surface area contributed by atoms with Gasteiger partial charge in [0.2, 0.25) is 0 Å². The zero-order chi connectivity index (χ0) is 10.7. The molecule has 1 heterocycles. The van der Waals surface area contributed by atoms with Gasteiger partial charge < -0.3 is 0 Å². The second kappa shape index (κ2) is 4.59. The number of halogens is 2. The average Bonchev–Trinajstić information content (AvgIpc) is 2.15. The van der Waals surface area contributed by atoms with Crippen LogP contribution in [0.4, 0.5) is 0 Å². The minimum Gasteiger partial charge on any atom is -0.274 e. The third kappa shape index (κ3) is 2.35. The molecule has 0 bridgehead atoms. The van der Waals surface area contributed by atoms with Gasteiger partial charge in [-0.05, 0) is 6.07 Å². The topological polar surface area (TPSA) is 42.4 Å². The number of hydroxylamine groups is 2.